The van der Waals surface area contributed by atoms with Gasteiger partial charge in [0.1, 0.15) is 0 Å². The van der Waals surface area contributed by atoms with Crippen molar-refractivity contribution >= 4 is 0 Å². The van der Waals surface area contributed by atoms with E-state index in [1.807, 2.05) is 0 Å². The van der Waals surface area contributed by atoms with Crippen LogP contribution < -0.4 is 5.32 Å². The number of hydrogen-bond acceptors (Lipinski definition) is 1. The van der Waals surface area contributed by atoms with Crippen LogP contribution in [-0.2, 0) is 0 Å². The summed E-state index contributed by atoms with van der Waals surface area (Å²) in [4.78, 5) is 0. The molecule has 1 aliphatic heterocycles. The zero-order chi connectivity index (χ0) is 7.26. The van der Waals surface area contributed by atoms with Gasteiger partial charge >= 0.3 is 0 Å². The lowest BCUT2D eigenvalue weighted by molar-refractivity contribution is 0.452. The molecule has 0 aromatic rings. The summed E-state index contributed by atoms with van der Waals surface area (Å²) in [6, 6.07) is 0.935. The normalized spacial score (nSPS) is 54.5. The molecule has 2 aliphatic carbocycles. The minimum absolute atomic E-state index is 0.935. The maximum absolute atomic E-state index is 3.65. The van der Waals surface area contributed by atoms with Gasteiger partial charge in [-0.2, -0.15) is 0 Å². The minimum atomic E-state index is 0.935. The summed E-state index contributed by atoms with van der Waals surface area (Å²) in [5.41, 5.74) is 0. The molecule has 3 fully saturated rings. The molecule has 0 bridgehead atoms. The Balaban J connectivity index is 1.65. The van der Waals surface area contributed by atoms with Crippen molar-refractivity contribution in [1.29, 1.82) is 0 Å². The molecule has 3 unspecified atom stereocenters. The van der Waals surface area contributed by atoms with E-state index in [1.165, 1.54) is 25.8 Å². The molecule has 0 radical (unpaired) electrons. The molecule has 3 atom stereocenters. The summed E-state index contributed by atoms with van der Waals surface area (Å²) in [6.45, 7) is 1.29. The first-order valence-electron chi connectivity index (χ1n) is 5.20. The Morgan fingerprint density at radius 1 is 0.909 bits per heavy atom. The van der Waals surface area contributed by atoms with E-state index in [0.717, 1.165) is 23.8 Å². The minimum Gasteiger partial charge on any atom is -0.314 e. The maximum Gasteiger partial charge on any atom is 0.0101 e. The van der Waals surface area contributed by atoms with Gasteiger partial charge in [-0.25, -0.2) is 0 Å². The monoisotopic (exact) mass is 151 g/mol. The van der Waals surface area contributed by atoms with Gasteiger partial charge in [0, 0.05) is 6.04 Å². The molecule has 1 heterocycles. The number of hydrogen-bond donors (Lipinski definition) is 1. The van der Waals surface area contributed by atoms with Crippen LogP contribution in [0.5, 0.6) is 0 Å². The van der Waals surface area contributed by atoms with Gasteiger partial charge in [-0.1, -0.05) is 6.42 Å². The lowest BCUT2D eigenvalue weighted by Crippen LogP contribution is -2.25. The molecule has 3 aliphatic rings. The Morgan fingerprint density at radius 3 is 2.36 bits per heavy atom. The summed E-state index contributed by atoms with van der Waals surface area (Å²) >= 11 is 0. The fourth-order valence-corrected chi connectivity index (χ4v) is 3.51. The smallest absolute Gasteiger partial charge is 0.0101 e. The van der Waals surface area contributed by atoms with Crippen LogP contribution in [0.15, 0.2) is 0 Å². The summed E-state index contributed by atoms with van der Waals surface area (Å²) in [5.74, 6) is 3.43. The highest BCUT2D eigenvalue weighted by atomic mass is 15.0. The first-order valence-corrected chi connectivity index (χ1v) is 5.20. The van der Waals surface area contributed by atoms with Crippen molar-refractivity contribution in [2.24, 2.45) is 17.8 Å². The molecule has 3 rings (SSSR count). The predicted octanol–water partition coefficient (Wildman–Crippen LogP) is 1.78. The van der Waals surface area contributed by atoms with Gasteiger partial charge in [0.15, 0.2) is 0 Å². The fourth-order valence-electron chi connectivity index (χ4n) is 3.51. The Morgan fingerprint density at radius 2 is 1.73 bits per heavy atom. The number of nitrogens with one attached hydrogen (secondary N) is 1. The van der Waals surface area contributed by atoms with Gasteiger partial charge in [-0.15, -0.1) is 0 Å². The Kier molecular flexibility index (Phi) is 1.31. The SMILES string of the molecule is C1CNC(C2C3CCCC32)C1. The van der Waals surface area contributed by atoms with Crippen LogP contribution in [0.2, 0.25) is 0 Å². The Hall–Kier alpha value is -0.0400. The van der Waals surface area contributed by atoms with Crippen molar-refractivity contribution < 1.29 is 0 Å². The molecule has 1 heteroatoms. The van der Waals surface area contributed by atoms with Gasteiger partial charge in [-0.3, -0.25) is 0 Å². The third-order valence-corrected chi connectivity index (χ3v) is 4.04. The molecular formula is C10H17N. The van der Waals surface area contributed by atoms with E-state index < -0.39 is 0 Å². The topological polar surface area (TPSA) is 12.0 Å². The van der Waals surface area contributed by atoms with Crippen LogP contribution in [0.4, 0.5) is 0 Å². The second kappa shape index (κ2) is 2.22. The molecule has 1 N–H and O–H groups in total. The average molecular weight is 151 g/mol. The van der Waals surface area contributed by atoms with Crippen LogP contribution in [0.3, 0.4) is 0 Å². The first-order chi connectivity index (χ1) is 5.47. The van der Waals surface area contributed by atoms with Crippen LogP contribution in [-0.4, -0.2) is 12.6 Å². The lowest BCUT2D eigenvalue weighted by atomic mass is 10.0. The summed E-state index contributed by atoms with van der Waals surface area (Å²) in [5, 5.41) is 3.65. The highest BCUT2D eigenvalue weighted by Crippen LogP contribution is 2.59. The second-order valence-corrected chi connectivity index (χ2v) is 4.54. The van der Waals surface area contributed by atoms with E-state index >= 15 is 0 Å². The zero-order valence-corrected chi connectivity index (χ0v) is 7.05. The summed E-state index contributed by atoms with van der Waals surface area (Å²) in [7, 11) is 0. The average Bonchev–Trinajstić information content (AvgIpc) is 2.57. The van der Waals surface area contributed by atoms with Gasteiger partial charge in [0.2, 0.25) is 0 Å². The lowest BCUT2D eigenvalue weighted by Gasteiger charge is -2.11. The number of fused-ring (bicyclic) bond motifs is 1. The van der Waals surface area contributed by atoms with Crippen molar-refractivity contribution in [2.75, 3.05) is 6.54 Å². The molecule has 1 saturated heterocycles. The summed E-state index contributed by atoms with van der Waals surface area (Å²) < 4.78 is 0. The van der Waals surface area contributed by atoms with Crippen molar-refractivity contribution in [3.63, 3.8) is 0 Å². The van der Waals surface area contributed by atoms with E-state index in [0.29, 0.717) is 0 Å². The third-order valence-electron chi connectivity index (χ3n) is 4.04. The van der Waals surface area contributed by atoms with Crippen molar-refractivity contribution in [3.05, 3.63) is 0 Å². The molecule has 0 aromatic carbocycles. The van der Waals surface area contributed by atoms with E-state index in [2.05, 4.69) is 5.32 Å². The van der Waals surface area contributed by atoms with Crippen molar-refractivity contribution in [1.82, 2.24) is 5.32 Å². The van der Waals surface area contributed by atoms with Gasteiger partial charge in [0.05, 0.1) is 0 Å². The second-order valence-electron chi connectivity index (χ2n) is 4.54. The van der Waals surface area contributed by atoms with E-state index in [4.69, 9.17) is 0 Å². The van der Waals surface area contributed by atoms with Gasteiger partial charge in [0.25, 0.3) is 0 Å². The van der Waals surface area contributed by atoms with Crippen LogP contribution in [0.25, 0.3) is 0 Å². The van der Waals surface area contributed by atoms with E-state index in [9.17, 15) is 0 Å². The molecule has 0 spiro atoms. The molecule has 0 amide bonds. The summed E-state index contributed by atoms with van der Waals surface area (Å²) in [6.07, 6.45) is 7.53. The quantitative estimate of drug-likeness (QED) is 0.602. The molecule has 1 nitrogen and oxygen atoms in total. The predicted molar refractivity (Wildman–Crippen MR) is 45.3 cm³/mol. The molecule has 0 aromatic heterocycles. The van der Waals surface area contributed by atoms with Crippen molar-refractivity contribution in [2.45, 2.75) is 38.1 Å². The highest BCUT2D eigenvalue weighted by molar-refractivity contribution is 5.07. The van der Waals surface area contributed by atoms with E-state index in [1.54, 1.807) is 12.8 Å². The standard InChI is InChI=1S/C10H17N/c1-3-7-8(4-1)10(7)9-5-2-6-11-9/h7-11H,1-6H2. The molecule has 62 valence electrons. The first kappa shape index (κ1) is 6.47. The largest absolute Gasteiger partial charge is 0.314 e. The van der Waals surface area contributed by atoms with Crippen molar-refractivity contribution in [3.8, 4) is 0 Å². The fraction of sp³-hybridized carbons (Fsp3) is 1.00. The Labute approximate surface area is 68.6 Å². The van der Waals surface area contributed by atoms with Crippen LogP contribution >= 0.6 is 0 Å². The van der Waals surface area contributed by atoms with Crippen LogP contribution in [0.1, 0.15) is 32.1 Å². The Bertz CT molecular complexity index is 150. The van der Waals surface area contributed by atoms with Gasteiger partial charge < -0.3 is 5.32 Å². The van der Waals surface area contributed by atoms with Crippen LogP contribution in [0, 0.1) is 17.8 Å². The number of rotatable bonds is 1. The van der Waals surface area contributed by atoms with E-state index in [-0.39, 0.29) is 0 Å². The maximum atomic E-state index is 3.65. The molecular weight excluding hydrogens is 134 g/mol. The zero-order valence-electron chi connectivity index (χ0n) is 7.05. The molecule has 2 saturated carbocycles. The highest BCUT2D eigenvalue weighted by Gasteiger charge is 2.55. The third kappa shape index (κ3) is 0.868. The van der Waals surface area contributed by atoms with Gasteiger partial charge in [-0.05, 0) is 50.0 Å². The molecule has 11 heavy (non-hydrogen) atoms.